The molecule has 0 amide bonds. The second-order valence-electron chi connectivity index (χ2n) is 24.6. The molecule has 6 saturated carbocycles. The number of ether oxygens (including phenoxy) is 2. The lowest BCUT2D eigenvalue weighted by atomic mass is 9.47. The van der Waals surface area contributed by atoms with Gasteiger partial charge in [-0.15, -0.1) is 0 Å². The molecule has 0 radical (unpaired) electrons. The fourth-order valence-electron chi connectivity index (χ4n) is 16.7. The van der Waals surface area contributed by atoms with Gasteiger partial charge in [0.15, 0.2) is 11.6 Å². The van der Waals surface area contributed by atoms with Crippen molar-refractivity contribution < 1.29 is 28.7 Å². The number of rotatable bonds is 20. The Labute approximate surface area is 403 Å². The van der Waals surface area contributed by atoms with Crippen molar-refractivity contribution in [1.82, 2.24) is 0 Å². The monoisotopic (exact) mass is 913 g/mol. The molecular formula is C60H96O6. The highest BCUT2D eigenvalue weighted by Gasteiger charge is 2.61. The van der Waals surface area contributed by atoms with Gasteiger partial charge in [-0.2, -0.15) is 0 Å². The van der Waals surface area contributed by atoms with E-state index >= 15 is 0 Å². The first-order valence-electron chi connectivity index (χ1n) is 28.6. The van der Waals surface area contributed by atoms with E-state index in [4.69, 9.17) is 9.47 Å². The SMILES string of the molecule is CCCCCCCCCCC(=O)O[C@H]1CCC2C3CCC4=CC(=O)CC[C@]4(C)C3CC[C@@]21C.CCCCCCCCCCC(=O)O[C@H]1CC[C@H]2[C@@H]3CCC4=CC(=O)CC[C@]4(C)[C@H]3CC[C@]12C. The zero-order valence-corrected chi connectivity index (χ0v) is 43.3. The zero-order chi connectivity index (χ0) is 47.0. The molecule has 0 heterocycles. The van der Waals surface area contributed by atoms with Crippen LogP contribution in [0, 0.1) is 57.2 Å². The molecule has 8 aliphatic rings. The summed E-state index contributed by atoms with van der Waals surface area (Å²) in [4.78, 5) is 49.4. The van der Waals surface area contributed by atoms with Crippen LogP contribution in [0.4, 0.5) is 0 Å². The van der Waals surface area contributed by atoms with Gasteiger partial charge in [0.25, 0.3) is 0 Å². The second kappa shape index (κ2) is 23.1. The van der Waals surface area contributed by atoms with Crippen molar-refractivity contribution in [2.24, 2.45) is 57.2 Å². The summed E-state index contributed by atoms with van der Waals surface area (Å²) >= 11 is 0. The number of unbranched alkanes of at least 4 members (excludes halogenated alkanes) is 14. The smallest absolute Gasteiger partial charge is 0.306 e. The molecule has 0 aromatic carbocycles. The van der Waals surface area contributed by atoms with E-state index in [1.807, 2.05) is 12.2 Å². The Hall–Kier alpha value is -2.24. The van der Waals surface area contributed by atoms with Crippen LogP contribution in [0.5, 0.6) is 0 Å². The normalized spacial score (nSPS) is 37.7. The molecule has 0 N–H and O–H groups in total. The van der Waals surface area contributed by atoms with Crippen molar-refractivity contribution in [3.8, 4) is 0 Å². The molecule has 0 saturated heterocycles. The molecule has 8 aliphatic carbocycles. The highest BCUT2D eigenvalue weighted by atomic mass is 16.5. The number of ketones is 2. The quantitative estimate of drug-likeness (QED) is 0.0893. The van der Waals surface area contributed by atoms with E-state index < -0.39 is 0 Å². The largest absolute Gasteiger partial charge is 0.462 e. The summed E-state index contributed by atoms with van der Waals surface area (Å²) in [7, 11) is 0. The number of fused-ring (bicyclic) bond motifs is 10. The van der Waals surface area contributed by atoms with Gasteiger partial charge in [0.1, 0.15) is 12.2 Å². The third kappa shape index (κ3) is 11.3. The van der Waals surface area contributed by atoms with E-state index in [0.29, 0.717) is 48.1 Å². The lowest BCUT2D eigenvalue weighted by Gasteiger charge is -2.57. The molecule has 6 fully saturated rings. The minimum atomic E-state index is 0.0431. The fourth-order valence-corrected chi connectivity index (χ4v) is 16.7. The molecule has 0 bridgehead atoms. The van der Waals surface area contributed by atoms with Gasteiger partial charge in [-0.05, 0) is 161 Å². The first-order chi connectivity index (χ1) is 31.8. The van der Waals surface area contributed by atoms with E-state index in [2.05, 4.69) is 41.5 Å². The molecule has 0 aromatic heterocycles. The van der Waals surface area contributed by atoms with Crippen LogP contribution in [0.3, 0.4) is 0 Å². The Balaban J connectivity index is 0.000000196. The summed E-state index contributed by atoms with van der Waals surface area (Å²) in [6.45, 7) is 14.3. The van der Waals surface area contributed by atoms with Crippen molar-refractivity contribution in [3.63, 3.8) is 0 Å². The van der Waals surface area contributed by atoms with Crippen LogP contribution in [0.15, 0.2) is 23.3 Å². The summed E-state index contributed by atoms with van der Waals surface area (Å²) in [6, 6.07) is 0. The van der Waals surface area contributed by atoms with Gasteiger partial charge in [0, 0.05) is 36.5 Å². The van der Waals surface area contributed by atoms with Gasteiger partial charge in [0.05, 0.1) is 0 Å². The van der Waals surface area contributed by atoms with Gasteiger partial charge >= 0.3 is 11.9 Å². The predicted octanol–water partition coefficient (Wildman–Crippen LogP) is 15.9. The number of hydrogen-bond donors (Lipinski definition) is 0. The molecule has 66 heavy (non-hydrogen) atoms. The van der Waals surface area contributed by atoms with E-state index in [0.717, 1.165) is 88.9 Å². The maximum absolute atomic E-state index is 12.7. The summed E-state index contributed by atoms with van der Waals surface area (Å²) < 4.78 is 12.3. The Kier molecular flexibility index (Phi) is 18.1. The Bertz CT molecular complexity index is 1600. The van der Waals surface area contributed by atoms with Crippen LogP contribution >= 0.6 is 0 Å². The van der Waals surface area contributed by atoms with Crippen LogP contribution in [-0.2, 0) is 28.7 Å². The molecular weight excluding hydrogens is 817 g/mol. The standard InChI is InChI=1S/2C30H48O3/c2*1-4-5-6-7-8-9-10-11-12-28(32)33-27-16-15-25-24-14-13-22-21-23(31)17-19-29(22,2)26(24)18-20-30(25,27)3/h2*21,24-27H,4-20H2,1-3H3/t24?,25?,26?,27-,29-,30-;24-,25-,26-,27-,29-,30-/m00/s1. The number of hydrogen-bond acceptors (Lipinski definition) is 6. The van der Waals surface area contributed by atoms with Crippen molar-refractivity contribution >= 4 is 23.5 Å². The molecule has 6 heteroatoms. The molecule has 0 aliphatic heterocycles. The Morgan fingerprint density at radius 3 is 1.20 bits per heavy atom. The number of esters is 2. The highest BCUT2D eigenvalue weighted by Crippen LogP contribution is 2.67. The van der Waals surface area contributed by atoms with E-state index in [1.54, 1.807) is 0 Å². The van der Waals surface area contributed by atoms with E-state index in [-0.39, 0.29) is 45.8 Å². The molecule has 0 spiro atoms. The van der Waals surface area contributed by atoms with E-state index in [9.17, 15) is 19.2 Å². The topological polar surface area (TPSA) is 86.7 Å². The highest BCUT2D eigenvalue weighted by molar-refractivity contribution is 5.92. The molecule has 3 unspecified atom stereocenters. The van der Waals surface area contributed by atoms with Crippen molar-refractivity contribution in [1.29, 1.82) is 0 Å². The van der Waals surface area contributed by atoms with Crippen LogP contribution in [0.2, 0.25) is 0 Å². The third-order valence-electron chi connectivity index (χ3n) is 20.8. The minimum absolute atomic E-state index is 0.0431. The lowest BCUT2D eigenvalue weighted by molar-refractivity contribution is -0.160. The van der Waals surface area contributed by atoms with Crippen LogP contribution in [0.1, 0.15) is 260 Å². The second-order valence-corrected chi connectivity index (χ2v) is 24.6. The summed E-state index contributed by atoms with van der Waals surface area (Å²) in [5.74, 6) is 4.98. The van der Waals surface area contributed by atoms with Gasteiger partial charge in [-0.3, -0.25) is 19.2 Å². The molecule has 0 aromatic rings. The minimum Gasteiger partial charge on any atom is -0.462 e. The summed E-state index contributed by atoms with van der Waals surface area (Å²) in [6.07, 6.45) is 43.0. The Morgan fingerprint density at radius 2 is 0.818 bits per heavy atom. The van der Waals surface area contributed by atoms with Gasteiger partial charge in [-0.1, -0.05) is 143 Å². The van der Waals surface area contributed by atoms with Crippen molar-refractivity contribution in [2.75, 3.05) is 0 Å². The summed E-state index contributed by atoms with van der Waals surface area (Å²) in [5.41, 5.74) is 3.63. The van der Waals surface area contributed by atoms with Crippen LogP contribution in [-0.4, -0.2) is 35.7 Å². The van der Waals surface area contributed by atoms with Crippen LogP contribution in [0.25, 0.3) is 0 Å². The lowest BCUT2D eigenvalue weighted by Crippen LogP contribution is -2.51. The van der Waals surface area contributed by atoms with Gasteiger partial charge in [0.2, 0.25) is 0 Å². The van der Waals surface area contributed by atoms with Gasteiger partial charge in [-0.25, -0.2) is 0 Å². The average Bonchev–Trinajstić information content (AvgIpc) is 3.81. The maximum atomic E-state index is 12.7. The van der Waals surface area contributed by atoms with Gasteiger partial charge < -0.3 is 9.47 Å². The maximum Gasteiger partial charge on any atom is 0.306 e. The first-order valence-corrected chi connectivity index (χ1v) is 28.6. The number of carbonyl (C=O) groups is 4. The third-order valence-corrected chi connectivity index (χ3v) is 20.8. The first kappa shape index (κ1) is 51.6. The van der Waals surface area contributed by atoms with Crippen LogP contribution < -0.4 is 0 Å². The molecule has 6 nitrogen and oxygen atoms in total. The molecule has 372 valence electrons. The molecule has 12 atom stereocenters. The summed E-state index contributed by atoms with van der Waals surface area (Å²) in [5, 5.41) is 0. The van der Waals surface area contributed by atoms with Crippen molar-refractivity contribution in [3.05, 3.63) is 23.3 Å². The predicted molar refractivity (Wildman–Crippen MR) is 268 cm³/mol. The number of allylic oxidation sites excluding steroid dienone is 2. The van der Waals surface area contributed by atoms with E-state index in [1.165, 1.54) is 140 Å². The average molecular weight is 913 g/mol. The number of carbonyl (C=O) groups excluding carboxylic acids is 4. The zero-order valence-electron chi connectivity index (χ0n) is 43.3. The van der Waals surface area contributed by atoms with Crippen molar-refractivity contribution in [2.45, 2.75) is 272 Å². The molecule has 8 rings (SSSR count). The Morgan fingerprint density at radius 1 is 0.455 bits per heavy atom. The fraction of sp³-hybridized carbons (Fsp3) is 0.867.